The van der Waals surface area contributed by atoms with Gasteiger partial charge >= 0.3 is 0 Å². The van der Waals surface area contributed by atoms with Crippen molar-refractivity contribution in [2.45, 2.75) is 19.4 Å². The maximum atomic E-state index is 12.4. The number of hydrogen-bond acceptors (Lipinski definition) is 3. The quantitative estimate of drug-likeness (QED) is 0.721. The predicted octanol–water partition coefficient (Wildman–Crippen LogP) is 4.29. The molecule has 0 N–H and O–H groups in total. The van der Waals surface area contributed by atoms with Crippen molar-refractivity contribution in [2.75, 3.05) is 4.90 Å². The van der Waals surface area contributed by atoms with E-state index in [1.54, 1.807) is 11.3 Å². The Balaban J connectivity index is 1.69. The number of thiazole rings is 1. The Bertz CT molecular complexity index is 828. The molecule has 0 aliphatic carbocycles. The Kier molecular flexibility index (Phi) is 3.67. The van der Waals surface area contributed by atoms with Gasteiger partial charge in [-0.2, -0.15) is 0 Å². The van der Waals surface area contributed by atoms with Crippen molar-refractivity contribution in [1.29, 1.82) is 0 Å². The van der Waals surface area contributed by atoms with E-state index in [1.165, 1.54) is 5.56 Å². The lowest BCUT2D eigenvalue weighted by atomic mass is 9.97. The van der Waals surface area contributed by atoms with Gasteiger partial charge in [-0.15, -0.1) is 11.3 Å². The minimum Gasteiger partial charge on any atom is -0.308 e. The molecule has 1 amide bonds. The van der Waals surface area contributed by atoms with Gasteiger partial charge in [0.15, 0.2) is 0 Å². The highest BCUT2D eigenvalue weighted by molar-refractivity contribution is 7.07. The Morgan fingerprint density at radius 1 is 1.09 bits per heavy atom. The van der Waals surface area contributed by atoms with Crippen LogP contribution in [0.25, 0.3) is 11.3 Å². The molecular weight excluding hydrogens is 304 g/mol. The van der Waals surface area contributed by atoms with E-state index in [-0.39, 0.29) is 5.91 Å². The van der Waals surface area contributed by atoms with Gasteiger partial charge in [0.1, 0.15) is 0 Å². The average Bonchev–Trinajstić information content (AvgIpc) is 3.13. The van der Waals surface area contributed by atoms with E-state index in [4.69, 9.17) is 0 Å². The fraction of sp³-hybridized carbons (Fsp3) is 0.158. The molecule has 114 valence electrons. The third kappa shape index (κ3) is 2.78. The van der Waals surface area contributed by atoms with Crippen LogP contribution in [0.1, 0.15) is 17.5 Å². The molecule has 23 heavy (non-hydrogen) atoms. The Morgan fingerprint density at radius 2 is 1.96 bits per heavy atom. The molecule has 3 aromatic rings. The lowest BCUT2D eigenvalue weighted by molar-refractivity contribution is -0.119. The molecule has 1 aromatic heterocycles. The molecule has 4 rings (SSSR count). The van der Waals surface area contributed by atoms with Crippen LogP contribution in [0.15, 0.2) is 59.4 Å². The fourth-order valence-corrected chi connectivity index (χ4v) is 3.57. The van der Waals surface area contributed by atoms with Gasteiger partial charge in [-0.3, -0.25) is 4.79 Å². The summed E-state index contributed by atoms with van der Waals surface area (Å²) in [4.78, 5) is 18.7. The lowest BCUT2D eigenvalue weighted by Gasteiger charge is -2.30. The van der Waals surface area contributed by atoms with Crippen molar-refractivity contribution < 1.29 is 4.79 Å². The van der Waals surface area contributed by atoms with Gasteiger partial charge in [0.25, 0.3) is 0 Å². The molecule has 0 bridgehead atoms. The van der Waals surface area contributed by atoms with E-state index >= 15 is 0 Å². The van der Waals surface area contributed by atoms with Crippen LogP contribution in [0.2, 0.25) is 0 Å². The summed E-state index contributed by atoms with van der Waals surface area (Å²) in [6, 6.07) is 16.4. The zero-order chi connectivity index (χ0) is 15.6. The number of carbonyl (C=O) groups is 1. The maximum Gasteiger partial charge on any atom is 0.227 e. The summed E-state index contributed by atoms with van der Waals surface area (Å²) >= 11 is 1.60. The number of aromatic nitrogens is 1. The van der Waals surface area contributed by atoms with Gasteiger partial charge in [0, 0.05) is 23.1 Å². The normalized spacial score (nSPS) is 13.9. The molecule has 1 aliphatic rings. The van der Waals surface area contributed by atoms with Crippen molar-refractivity contribution in [1.82, 2.24) is 4.98 Å². The fourth-order valence-electron chi connectivity index (χ4n) is 3.01. The first-order valence-corrected chi connectivity index (χ1v) is 8.61. The monoisotopic (exact) mass is 320 g/mol. The second-order valence-electron chi connectivity index (χ2n) is 5.68. The second-order valence-corrected chi connectivity index (χ2v) is 6.40. The molecule has 0 fully saturated rings. The molecule has 0 saturated carbocycles. The summed E-state index contributed by atoms with van der Waals surface area (Å²) in [5.41, 5.74) is 7.38. The Morgan fingerprint density at radius 3 is 2.74 bits per heavy atom. The first-order valence-electron chi connectivity index (χ1n) is 7.67. The Labute approximate surface area is 139 Å². The van der Waals surface area contributed by atoms with E-state index in [0.717, 1.165) is 28.9 Å². The van der Waals surface area contributed by atoms with Gasteiger partial charge in [-0.1, -0.05) is 36.4 Å². The SMILES string of the molecule is O=C1CCc2cc(-c3cscn3)ccc2N1Cc1ccccc1. The number of aryl methyl sites for hydroxylation is 1. The summed E-state index contributed by atoms with van der Waals surface area (Å²) in [5, 5.41) is 2.05. The van der Waals surface area contributed by atoms with Crippen LogP contribution in [0.3, 0.4) is 0 Å². The summed E-state index contributed by atoms with van der Waals surface area (Å²) in [6.45, 7) is 0.628. The molecule has 0 unspecified atom stereocenters. The van der Waals surface area contributed by atoms with Crippen molar-refractivity contribution in [2.24, 2.45) is 0 Å². The van der Waals surface area contributed by atoms with Crippen molar-refractivity contribution in [3.05, 3.63) is 70.5 Å². The summed E-state index contributed by atoms with van der Waals surface area (Å²) in [7, 11) is 0. The standard InChI is InChI=1S/C19H16N2OS/c22-19-9-7-16-10-15(17-12-23-13-20-17)6-8-18(16)21(19)11-14-4-2-1-3-5-14/h1-6,8,10,12-13H,7,9,11H2. The number of carbonyl (C=O) groups excluding carboxylic acids is 1. The van der Waals surface area contributed by atoms with Crippen molar-refractivity contribution in [3.8, 4) is 11.3 Å². The van der Waals surface area contributed by atoms with Gasteiger partial charge < -0.3 is 4.90 Å². The minimum atomic E-state index is 0.197. The number of nitrogens with zero attached hydrogens (tertiary/aromatic N) is 2. The van der Waals surface area contributed by atoms with E-state index in [2.05, 4.69) is 40.7 Å². The molecule has 3 nitrogen and oxygen atoms in total. The topological polar surface area (TPSA) is 33.2 Å². The van der Waals surface area contributed by atoms with Gasteiger partial charge in [-0.25, -0.2) is 4.98 Å². The molecule has 1 aliphatic heterocycles. The molecule has 0 atom stereocenters. The molecular formula is C19H16N2OS. The van der Waals surface area contributed by atoms with Crippen LogP contribution in [0.5, 0.6) is 0 Å². The van der Waals surface area contributed by atoms with Crippen LogP contribution in [0, 0.1) is 0 Å². The maximum absolute atomic E-state index is 12.4. The third-order valence-corrected chi connectivity index (χ3v) is 4.78. The van der Waals surface area contributed by atoms with Crippen LogP contribution in [-0.2, 0) is 17.8 Å². The zero-order valence-corrected chi connectivity index (χ0v) is 13.4. The highest BCUT2D eigenvalue weighted by Gasteiger charge is 2.24. The van der Waals surface area contributed by atoms with Gasteiger partial charge in [0.05, 0.1) is 17.7 Å². The van der Waals surface area contributed by atoms with Crippen molar-refractivity contribution in [3.63, 3.8) is 0 Å². The minimum absolute atomic E-state index is 0.197. The van der Waals surface area contributed by atoms with Crippen molar-refractivity contribution >= 4 is 22.9 Å². The molecule has 0 spiro atoms. The number of fused-ring (bicyclic) bond motifs is 1. The number of benzene rings is 2. The van der Waals surface area contributed by atoms with E-state index in [9.17, 15) is 4.79 Å². The number of hydrogen-bond donors (Lipinski definition) is 0. The number of rotatable bonds is 3. The summed E-state index contributed by atoms with van der Waals surface area (Å²) < 4.78 is 0. The van der Waals surface area contributed by atoms with E-state index < -0.39 is 0 Å². The molecule has 2 aromatic carbocycles. The van der Waals surface area contributed by atoms with Gasteiger partial charge in [0.2, 0.25) is 5.91 Å². The van der Waals surface area contributed by atoms with Crippen LogP contribution in [0.4, 0.5) is 5.69 Å². The van der Waals surface area contributed by atoms with E-state index in [0.29, 0.717) is 13.0 Å². The lowest BCUT2D eigenvalue weighted by Crippen LogP contribution is -2.34. The first-order chi connectivity index (χ1) is 11.3. The largest absolute Gasteiger partial charge is 0.308 e. The first kappa shape index (κ1) is 14.2. The molecule has 0 saturated heterocycles. The van der Waals surface area contributed by atoms with Crippen LogP contribution >= 0.6 is 11.3 Å². The predicted molar refractivity (Wildman–Crippen MR) is 93.5 cm³/mol. The second kappa shape index (κ2) is 5.97. The van der Waals surface area contributed by atoms with Crippen LogP contribution in [-0.4, -0.2) is 10.9 Å². The van der Waals surface area contributed by atoms with Gasteiger partial charge in [-0.05, 0) is 29.7 Å². The molecule has 4 heteroatoms. The van der Waals surface area contributed by atoms with Crippen LogP contribution < -0.4 is 4.90 Å². The number of anilines is 1. The highest BCUT2D eigenvalue weighted by atomic mass is 32.1. The number of amides is 1. The Hall–Kier alpha value is -2.46. The highest BCUT2D eigenvalue weighted by Crippen LogP contribution is 2.33. The molecule has 0 radical (unpaired) electrons. The summed E-state index contributed by atoms with van der Waals surface area (Å²) in [6.07, 6.45) is 1.37. The van der Waals surface area contributed by atoms with E-state index in [1.807, 2.05) is 28.6 Å². The summed E-state index contributed by atoms with van der Waals surface area (Å²) in [5.74, 6) is 0.197. The zero-order valence-electron chi connectivity index (χ0n) is 12.6. The smallest absolute Gasteiger partial charge is 0.227 e. The average molecular weight is 320 g/mol. The molecule has 2 heterocycles. The third-order valence-electron chi connectivity index (χ3n) is 4.19.